The molecular weight excluding hydrogens is 464 g/mol. The van der Waals surface area contributed by atoms with Crippen LogP contribution in [-0.2, 0) is 6.42 Å². The molecule has 0 spiro atoms. The van der Waals surface area contributed by atoms with Crippen LogP contribution in [0.2, 0.25) is 0 Å². The summed E-state index contributed by atoms with van der Waals surface area (Å²) in [6.07, 6.45) is 0.754. The van der Waals surface area contributed by atoms with Crippen LogP contribution in [0.5, 0.6) is 11.6 Å². The van der Waals surface area contributed by atoms with Gasteiger partial charge in [0.1, 0.15) is 11.3 Å². The Morgan fingerprint density at radius 1 is 1.13 bits per heavy atom. The average Bonchev–Trinajstić information content (AvgIpc) is 3.13. The van der Waals surface area contributed by atoms with Crippen molar-refractivity contribution in [3.8, 4) is 17.3 Å². The molecule has 4 N–H and O–H groups in total. The van der Waals surface area contributed by atoms with Crippen LogP contribution in [0.1, 0.15) is 22.9 Å². The lowest BCUT2D eigenvalue weighted by Crippen LogP contribution is -2.38. The van der Waals surface area contributed by atoms with Crippen LogP contribution < -0.4 is 21.3 Å². The third-order valence-corrected chi connectivity index (χ3v) is 6.18. The van der Waals surface area contributed by atoms with Crippen molar-refractivity contribution in [2.24, 2.45) is 0 Å². The van der Waals surface area contributed by atoms with E-state index in [0.29, 0.717) is 12.2 Å². The number of H-pyrrole nitrogens is 2. The highest BCUT2D eigenvalue weighted by Crippen LogP contribution is 2.36. The van der Waals surface area contributed by atoms with Gasteiger partial charge in [0, 0.05) is 27.6 Å². The number of ether oxygens (including phenoxy) is 1. The number of benzene rings is 2. The summed E-state index contributed by atoms with van der Waals surface area (Å²) in [5.74, 6) is 0.353. The van der Waals surface area contributed by atoms with Crippen molar-refractivity contribution in [1.29, 1.82) is 0 Å². The van der Waals surface area contributed by atoms with Gasteiger partial charge in [-0.15, -0.1) is 0 Å². The molecular formula is C22H19BrN4O4. The van der Waals surface area contributed by atoms with Gasteiger partial charge in [-0.3, -0.25) is 9.78 Å². The van der Waals surface area contributed by atoms with E-state index in [-0.39, 0.29) is 5.56 Å². The second kappa shape index (κ2) is 7.44. The quantitative estimate of drug-likeness (QED) is 0.358. The molecule has 1 unspecified atom stereocenters. The highest BCUT2D eigenvalue weighted by Gasteiger charge is 2.31. The van der Waals surface area contributed by atoms with E-state index in [2.05, 4.69) is 31.2 Å². The highest BCUT2D eigenvalue weighted by molar-refractivity contribution is 9.10. The standard InChI is InChI=1S/C22H19BrN4O4/c1-31-13-6-7-16-15(10-13)14-8-9-24-19(18(14)25-16)17-20(28)26-22(30)27(21(17)29)12-4-2-11(23)3-5-12/h2-7,10,19,24-25,29H,8-9H2,1H3,(H,26,28,30). The number of methoxy groups -OCH3 is 1. The summed E-state index contributed by atoms with van der Waals surface area (Å²) in [7, 11) is 1.62. The molecule has 1 atom stereocenters. The number of fused-ring (bicyclic) bond motifs is 3. The highest BCUT2D eigenvalue weighted by atomic mass is 79.9. The smallest absolute Gasteiger partial charge is 0.335 e. The summed E-state index contributed by atoms with van der Waals surface area (Å²) in [6.45, 7) is 0.609. The first-order chi connectivity index (χ1) is 15.0. The molecule has 4 aromatic rings. The van der Waals surface area contributed by atoms with Gasteiger partial charge in [0.2, 0.25) is 5.88 Å². The summed E-state index contributed by atoms with van der Waals surface area (Å²) < 4.78 is 7.29. The van der Waals surface area contributed by atoms with Crippen LogP contribution in [0.4, 0.5) is 0 Å². The lowest BCUT2D eigenvalue weighted by atomic mass is 9.95. The largest absolute Gasteiger partial charge is 0.497 e. The summed E-state index contributed by atoms with van der Waals surface area (Å²) >= 11 is 3.36. The first-order valence-electron chi connectivity index (χ1n) is 9.74. The molecule has 0 saturated heterocycles. The Labute approximate surface area is 184 Å². The molecule has 0 bridgehead atoms. The second-order valence-corrected chi connectivity index (χ2v) is 8.29. The lowest BCUT2D eigenvalue weighted by molar-refractivity contribution is 0.409. The van der Waals surface area contributed by atoms with Gasteiger partial charge < -0.3 is 20.1 Å². The van der Waals surface area contributed by atoms with Crippen molar-refractivity contribution in [3.05, 3.63) is 84.6 Å². The number of aromatic hydroxyl groups is 1. The number of nitrogens with one attached hydrogen (secondary N) is 3. The van der Waals surface area contributed by atoms with Crippen LogP contribution >= 0.6 is 15.9 Å². The van der Waals surface area contributed by atoms with Crippen LogP contribution in [-0.4, -0.2) is 33.3 Å². The van der Waals surface area contributed by atoms with Crippen molar-refractivity contribution >= 4 is 26.8 Å². The number of aromatic amines is 2. The lowest BCUT2D eigenvalue weighted by Gasteiger charge is -2.25. The SMILES string of the molecule is COc1ccc2[nH]c3c(c2c1)CCNC3c1c(O)n(-c2ccc(Br)cc2)c(=O)[nH]c1=O. The maximum absolute atomic E-state index is 12.8. The predicted molar refractivity (Wildman–Crippen MR) is 120 cm³/mol. The van der Waals surface area contributed by atoms with E-state index < -0.39 is 23.2 Å². The summed E-state index contributed by atoms with van der Waals surface area (Å²) in [6, 6.07) is 12.0. The number of hydrogen-bond acceptors (Lipinski definition) is 5. The van der Waals surface area contributed by atoms with Crippen molar-refractivity contribution in [3.63, 3.8) is 0 Å². The Morgan fingerprint density at radius 3 is 2.65 bits per heavy atom. The van der Waals surface area contributed by atoms with Crippen molar-refractivity contribution in [2.45, 2.75) is 12.5 Å². The third-order valence-electron chi connectivity index (χ3n) is 5.65. The zero-order valence-corrected chi connectivity index (χ0v) is 18.1. The predicted octanol–water partition coefficient (Wildman–Crippen LogP) is 2.72. The average molecular weight is 483 g/mol. The molecule has 0 radical (unpaired) electrons. The fourth-order valence-corrected chi connectivity index (χ4v) is 4.47. The topological polar surface area (TPSA) is 112 Å². The summed E-state index contributed by atoms with van der Waals surface area (Å²) in [5.41, 5.74) is 1.96. The van der Waals surface area contributed by atoms with Gasteiger partial charge in [0.15, 0.2) is 0 Å². The third kappa shape index (κ3) is 3.17. The maximum Gasteiger partial charge on any atom is 0.335 e. The van der Waals surface area contributed by atoms with Crippen LogP contribution in [0, 0.1) is 0 Å². The number of halogens is 1. The van der Waals surface area contributed by atoms with Gasteiger partial charge in [0.05, 0.1) is 18.8 Å². The zero-order chi connectivity index (χ0) is 21.7. The van der Waals surface area contributed by atoms with E-state index in [1.807, 2.05) is 18.2 Å². The van der Waals surface area contributed by atoms with Gasteiger partial charge in [0.25, 0.3) is 5.56 Å². The van der Waals surface area contributed by atoms with Gasteiger partial charge in [-0.2, -0.15) is 0 Å². The molecule has 0 amide bonds. The molecule has 8 nitrogen and oxygen atoms in total. The number of nitrogens with zero attached hydrogens (tertiary/aromatic N) is 1. The van der Waals surface area contributed by atoms with Crippen LogP contribution in [0.15, 0.2) is 56.5 Å². The Hall–Kier alpha value is -3.30. The molecule has 5 rings (SSSR count). The fourth-order valence-electron chi connectivity index (χ4n) is 4.21. The zero-order valence-electron chi connectivity index (χ0n) is 16.5. The van der Waals surface area contributed by atoms with Crippen molar-refractivity contribution < 1.29 is 9.84 Å². The van der Waals surface area contributed by atoms with E-state index in [9.17, 15) is 14.7 Å². The van der Waals surface area contributed by atoms with E-state index in [0.717, 1.165) is 43.4 Å². The minimum Gasteiger partial charge on any atom is -0.497 e. The van der Waals surface area contributed by atoms with E-state index in [1.165, 1.54) is 0 Å². The van der Waals surface area contributed by atoms with Gasteiger partial charge in [-0.25, -0.2) is 9.36 Å². The van der Waals surface area contributed by atoms with Crippen LogP contribution in [0.25, 0.3) is 16.6 Å². The molecule has 0 saturated carbocycles. The molecule has 31 heavy (non-hydrogen) atoms. The van der Waals surface area contributed by atoms with E-state index >= 15 is 0 Å². The molecule has 0 aliphatic carbocycles. The van der Waals surface area contributed by atoms with Gasteiger partial charge >= 0.3 is 5.69 Å². The Morgan fingerprint density at radius 2 is 1.90 bits per heavy atom. The molecule has 1 aliphatic heterocycles. The van der Waals surface area contributed by atoms with Gasteiger partial charge in [-0.1, -0.05) is 15.9 Å². The Balaban J connectivity index is 1.72. The summed E-state index contributed by atoms with van der Waals surface area (Å²) in [5, 5.41) is 15.4. The van der Waals surface area contributed by atoms with Gasteiger partial charge in [-0.05, 0) is 54.4 Å². The Bertz CT molecular complexity index is 1420. The Kier molecular flexibility index (Phi) is 4.71. The van der Waals surface area contributed by atoms with Crippen molar-refractivity contribution in [1.82, 2.24) is 19.9 Å². The number of aromatic nitrogens is 3. The molecule has 158 valence electrons. The van der Waals surface area contributed by atoms with Crippen LogP contribution in [0.3, 0.4) is 0 Å². The van der Waals surface area contributed by atoms with Crippen molar-refractivity contribution in [2.75, 3.05) is 13.7 Å². The minimum atomic E-state index is -0.703. The molecule has 2 aromatic heterocycles. The first kappa shape index (κ1) is 19.7. The first-order valence-corrected chi connectivity index (χ1v) is 10.5. The minimum absolute atomic E-state index is 0.0852. The molecule has 2 aromatic carbocycles. The summed E-state index contributed by atoms with van der Waals surface area (Å²) in [4.78, 5) is 31.1. The number of hydrogen-bond donors (Lipinski definition) is 4. The van der Waals surface area contributed by atoms with E-state index in [1.54, 1.807) is 31.4 Å². The molecule has 9 heteroatoms. The normalized spacial score (nSPS) is 15.7. The second-order valence-electron chi connectivity index (χ2n) is 7.37. The monoisotopic (exact) mass is 482 g/mol. The van der Waals surface area contributed by atoms with E-state index in [4.69, 9.17) is 4.74 Å². The molecule has 1 aliphatic rings. The maximum atomic E-state index is 12.8. The molecule has 3 heterocycles. The molecule has 0 fully saturated rings. The number of rotatable bonds is 3. The fraction of sp³-hybridized carbons (Fsp3) is 0.182.